The minimum absolute atomic E-state index is 0.149. The highest BCUT2D eigenvalue weighted by Crippen LogP contribution is 1.91. The van der Waals surface area contributed by atoms with Crippen LogP contribution in [0.15, 0.2) is 17.1 Å². The molecule has 0 radical (unpaired) electrons. The Balaban J connectivity index is 4.15. The Morgan fingerprint density at radius 2 is 2.09 bits per heavy atom. The van der Waals surface area contributed by atoms with Crippen LogP contribution in [0.2, 0.25) is 0 Å². The van der Waals surface area contributed by atoms with E-state index in [-0.39, 0.29) is 5.57 Å². The van der Waals surface area contributed by atoms with E-state index in [0.29, 0.717) is 0 Å². The molecular weight excluding hydrogens is 146 g/mol. The molecule has 0 amide bonds. The van der Waals surface area contributed by atoms with Crippen molar-refractivity contribution in [2.45, 2.75) is 6.92 Å². The van der Waals surface area contributed by atoms with Gasteiger partial charge in [0.05, 0.1) is 0 Å². The van der Waals surface area contributed by atoms with Crippen LogP contribution in [0, 0.1) is 0 Å². The van der Waals surface area contributed by atoms with Gasteiger partial charge in [-0.15, -0.1) is 0 Å². The highest BCUT2D eigenvalue weighted by Gasteiger charge is 2.12. The molecule has 0 heterocycles. The van der Waals surface area contributed by atoms with E-state index >= 15 is 0 Å². The molecule has 0 aliphatic carbocycles. The molecule has 0 aromatic carbocycles. The number of rotatable bonds is 4. The lowest BCUT2D eigenvalue weighted by atomic mass is 10.1. The fraction of sp³-hybridized carbons (Fsp3) is 0.286. The Hall–Kier alpha value is -1.54. The predicted octanol–water partition coefficient (Wildman–Crippen LogP) is 0.0365. The number of carbonyl (C=O) groups excluding carboxylic acids is 3. The van der Waals surface area contributed by atoms with Crippen molar-refractivity contribution < 1.29 is 14.4 Å². The van der Waals surface area contributed by atoms with Gasteiger partial charge in [-0.3, -0.25) is 9.59 Å². The van der Waals surface area contributed by atoms with Crippen molar-refractivity contribution in [1.82, 2.24) is 0 Å². The van der Waals surface area contributed by atoms with Crippen LogP contribution in [0.5, 0.6) is 0 Å². The van der Waals surface area contributed by atoms with Crippen LogP contribution in [0.1, 0.15) is 6.92 Å². The molecule has 0 N–H and O–H groups in total. The quantitative estimate of drug-likeness (QED) is 0.248. The Kier molecular flexibility index (Phi) is 3.70. The summed E-state index contributed by atoms with van der Waals surface area (Å²) in [7, 11) is 0. The molecule has 0 bridgehead atoms. The van der Waals surface area contributed by atoms with E-state index in [2.05, 4.69) is 11.6 Å². The summed E-state index contributed by atoms with van der Waals surface area (Å²) >= 11 is 0. The molecule has 58 valence electrons. The number of hydrogen-bond donors (Lipinski definition) is 0. The molecule has 0 saturated carbocycles. The lowest BCUT2D eigenvalue weighted by Gasteiger charge is -1.91. The van der Waals surface area contributed by atoms with Gasteiger partial charge in [-0.1, -0.05) is 6.58 Å². The summed E-state index contributed by atoms with van der Waals surface area (Å²) in [5.41, 5.74) is 0.149. The maximum Gasteiger partial charge on any atom is 0.235 e. The molecule has 0 unspecified atom stereocenters. The summed E-state index contributed by atoms with van der Waals surface area (Å²) in [6.45, 7) is 4.26. The molecule has 0 aliphatic rings. The van der Waals surface area contributed by atoms with Crippen molar-refractivity contribution in [3.05, 3.63) is 12.2 Å². The first-order valence-corrected chi connectivity index (χ1v) is 2.86. The fourth-order valence-corrected chi connectivity index (χ4v) is 0.414. The zero-order chi connectivity index (χ0) is 8.85. The third-order valence-corrected chi connectivity index (χ3v) is 0.928. The van der Waals surface area contributed by atoms with Crippen LogP contribution in [0.4, 0.5) is 0 Å². The van der Waals surface area contributed by atoms with E-state index in [1.165, 1.54) is 6.92 Å². The summed E-state index contributed by atoms with van der Waals surface area (Å²) < 4.78 is 0. The zero-order valence-electron chi connectivity index (χ0n) is 6.09. The second kappa shape index (κ2) is 4.30. The topological polar surface area (TPSA) is 63.6 Å². The number of isocyanates is 1. The lowest BCUT2D eigenvalue weighted by molar-refractivity contribution is -0.133. The van der Waals surface area contributed by atoms with Crippen LogP contribution in [-0.2, 0) is 14.4 Å². The predicted molar refractivity (Wildman–Crippen MR) is 37.8 cm³/mol. The van der Waals surface area contributed by atoms with E-state index in [1.54, 1.807) is 0 Å². The summed E-state index contributed by atoms with van der Waals surface area (Å²) in [4.78, 5) is 33.9. The summed E-state index contributed by atoms with van der Waals surface area (Å²) in [5, 5.41) is 0. The number of carbonyl (C=O) groups is 2. The van der Waals surface area contributed by atoms with E-state index in [9.17, 15) is 14.4 Å². The normalized spacial score (nSPS) is 8.09. The summed E-state index contributed by atoms with van der Waals surface area (Å²) in [6, 6.07) is 0. The van der Waals surface area contributed by atoms with Gasteiger partial charge in [0.25, 0.3) is 0 Å². The number of hydrogen-bond acceptors (Lipinski definition) is 4. The monoisotopic (exact) mass is 153 g/mol. The second-order valence-corrected chi connectivity index (χ2v) is 1.94. The van der Waals surface area contributed by atoms with Crippen molar-refractivity contribution in [2.24, 2.45) is 4.99 Å². The molecule has 11 heavy (non-hydrogen) atoms. The van der Waals surface area contributed by atoms with Gasteiger partial charge < -0.3 is 0 Å². The molecule has 4 nitrogen and oxygen atoms in total. The molecular formula is C7H7NO3. The third-order valence-electron chi connectivity index (χ3n) is 0.928. The van der Waals surface area contributed by atoms with Gasteiger partial charge in [0, 0.05) is 0 Å². The first kappa shape index (κ1) is 9.46. The van der Waals surface area contributed by atoms with Gasteiger partial charge in [-0.25, -0.2) is 4.79 Å². The number of Topliss-reactive ketones (excluding diaryl/α,β-unsaturated/α-hetero) is 2. The molecule has 0 rings (SSSR count). The van der Waals surface area contributed by atoms with E-state index in [4.69, 9.17) is 0 Å². The van der Waals surface area contributed by atoms with Gasteiger partial charge in [0.15, 0.2) is 0 Å². The van der Waals surface area contributed by atoms with Crippen molar-refractivity contribution in [2.75, 3.05) is 6.54 Å². The van der Waals surface area contributed by atoms with Crippen molar-refractivity contribution >= 4 is 17.6 Å². The Bertz CT molecular complexity index is 248. The SMILES string of the molecule is C=C(C)C(=O)C(=O)CN=C=O. The maximum atomic E-state index is 10.7. The van der Waals surface area contributed by atoms with Gasteiger partial charge in [0.2, 0.25) is 17.6 Å². The van der Waals surface area contributed by atoms with Gasteiger partial charge in [-0.2, -0.15) is 4.99 Å². The maximum absolute atomic E-state index is 10.7. The van der Waals surface area contributed by atoms with Gasteiger partial charge >= 0.3 is 0 Å². The minimum atomic E-state index is -0.735. The van der Waals surface area contributed by atoms with Gasteiger partial charge in [0.1, 0.15) is 6.54 Å². The number of ketones is 2. The average Bonchev–Trinajstić information content (AvgIpc) is 1.98. The van der Waals surface area contributed by atoms with Crippen LogP contribution < -0.4 is 0 Å². The molecule has 0 spiro atoms. The standard InChI is InChI=1S/C7H7NO3/c1-5(2)7(11)6(10)3-8-4-9/h1,3H2,2H3. The summed E-state index contributed by atoms with van der Waals surface area (Å²) in [5.74, 6) is -1.43. The number of allylic oxidation sites excluding steroid dienone is 1. The van der Waals surface area contributed by atoms with E-state index in [1.807, 2.05) is 0 Å². The van der Waals surface area contributed by atoms with Crippen LogP contribution in [0.25, 0.3) is 0 Å². The van der Waals surface area contributed by atoms with Crippen molar-refractivity contribution in [3.8, 4) is 0 Å². The first-order chi connectivity index (χ1) is 5.09. The molecule has 0 fully saturated rings. The number of nitrogens with zero attached hydrogens (tertiary/aromatic N) is 1. The number of aliphatic imine (C=N–C) groups is 1. The molecule has 0 saturated heterocycles. The highest BCUT2D eigenvalue weighted by atomic mass is 16.2. The Morgan fingerprint density at radius 1 is 1.55 bits per heavy atom. The van der Waals surface area contributed by atoms with E-state index in [0.717, 1.165) is 6.08 Å². The molecule has 0 atom stereocenters. The van der Waals surface area contributed by atoms with Crippen LogP contribution >= 0.6 is 0 Å². The lowest BCUT2D eigenvalue weighted by Crippen LogP contribution is -2.16. The molecule has 0 aromatic heterocycles. The van der Waals surface area contributed by atoms with Gasteiger partial charge in [-0.05, 0) is 12.5 Å². The zero-order valence-corrected chi connectivity index (χ0v) is 6.09. The van der Waals surface area contributed by atoms with Crippen molar-refractivity contribution in [3.63, 3.8) is 0 Å². The Morgan fingerprint density at radius 3 is 2.45 bits per heavy atom. The smallest absolute Gasteiger partial charge is 0.235 e. The largest absolute Gasteiger partial charge is 0.288 e. The van der Waals surface area contributed by atoms with Crippen LogP contribution in [-0.4, -0.2) is 24.2 Å². The first-order valence-electron chi connectivity index (χ1n) is 2.86. The minimum Gasteiger partial charge on any atom is -0.288 e. The highest BCUT2D eigenvalue weighted by molar-refractivity contribution is 6.44. The van der Waals surface area contributed by atoms with Crippen molar-refractivity contribution in [1.29, 1.82) is 0 Å². The van der Waals surface area contributed by atoms with E-state index < -0.39 is 18.1 Å². The fourth-order valence-electron chi connectivity index (χ4n) is 0.414. The summed E-state index contributed by atoms with van der Waals surface area (Å²) in [6.07, 6.45) is 1.16. The average molecular weight is 153 g/mol. The molecule has 4 heteroatoms. The molecule has 0 aliphatic heterocycles. The second-order valence-electron chi connectivity index (χ2n) is 1.94. The molecule has 0 aromatic rings. The third kappa shape index (κ3) is 3.23. The van der Waals surface area contributed by atoms with Crippen LogP contribution in [0.3, 0.4) is 0 Å². The Labute approximate surface area is 63.6 Å².